The Bertz CT molecular complexity index is 1040. The molecule has 7 heteroatoms. The number of carbonyl (C=O) groups is 1. The first-order valence-electron chi connectivity index (χ1n) is 9.45. The van der Waals surface area contributed by atoms with Gasteiger partial charge in [0.05, 0.1) is 10.6 Å². The summed E-state index contributed by atoms with van der Waals surface area (Å²) in [5, 5.41) is 4.02. The Labute approximate surface area is 173 Å². The minimum Gasteiger partial charge on any atom is -0.351 e. The molecule has 0 aliphatic carbocycles. The summed E-state index contributed by atoms with van der Waals surface area (Å²) in [6.45, 7) is 8.91. The van der Waals surface area contributed by atoms with Crippen LogP contribution >= 0.6 is 23.1 Å². The van der Waals surface area contributed by atoms with Gasteiger partial charge >= 0.3 is 0 Å². The van der Waals surface area contributed by atoms with Gasteiger partial charge in [0.25, 0.3) is 5.56 Å². The van der Waals surface area contributed by atoms with E-state index in [2.05, 4.69) is 5.32 Å². The van der Waals surface area contributed by atoms with Crippen LogP contribution < -0.4 is 10.9 Å². The van der Waals surface area contributed by atoms with Crippen LogP contribution in [0.3, 0.4) is 0 Å². The van der Waals surface area contributed by atoms with Gasteiger partial charge in [0.2, 0.25) is 5.91 Å². The summed E-state index contributed by atoms with van der Waals surface area (Å²) < 4.78 is 1.68. The third kappa shape index (κ3) is 4.15. The van der Waals surface area contributed by atoms with E-state index >= 15 is 0 Å². The monoisotopic (exact) mass is 415 g/mol. The van der Waals surface area contributed by atoms with Crippen molar-refractivity contribution in [3.8, 4) is 0 Å². The Balaban J connectivity index is 1.85. The molecule has 1 amide bonds. The minimum atomic E-state index is -0.298. The lowest BCUT2D eigenvalue weighted by Crippen LogP contribution is -2.33. The Morgan fingerprint density at radius 1 is 1.25 bits per heavy atom. The number of carbonyl (C=O) groups excluding carboxylic acids is 1. The van der Waals surface area contributed by atoms with Crippen LogP contribution in [0.1, 0.15) is 36.3 Å². The highest BCUT2D eigenvalue weighted by Gasteiger charge is 2.22. The maximum atomic E-state index is 13.0. The molecule has 1 aromatic carbocycles. The van der Waals surface area contributed by atoms with Crippen LogP contribution in [0.5, 0.6) is 0 Å². The molecular formula is C21H25N3O2S2. The molecule has 28 heavy (non-hydrogen) atoms. The molecule has 0 aliphatic rings. The second kappa shape index (κ2) is 8.92. The highest BCUT2D eigenvalue weighted by Crippen LogP contribution is 2.30. The van der Waals surface area contributed by atoms with Gasteiger partial charge in [-0.25, -0.2) is 4.98 Å². The molecule has 2 aromatic heterocycles. The Morgan fingerprint density at radius 2 is 1.96 bits per heavy atom. The number of hydrogen-bond acceptors (Lipinski definition) is 5. The van der Waals surface area contributed by atoms with Crippen LogP contribution in [0.2, 0.25) is 0 Å². The van der Waals surface area contributed by atoms with Gasteiger partial charge in [0.1, 0.15) is 4.83 Å². The molecule has 0 spiro atoms. The van der Waals surface area contributed by atoms with Gasteiger partial charge in [-0.1, -0.05) is 49.0 Å². The SMILES string of the molecule is CCC(Sc1nc2sc(C)c(C)c2c(=O)n1CC)C(=O)NCc1ccccc1. The number of benzene rings is 1. The molecule has 0 saturated carbocycles. The lowest BCUT2D eigenvalue weighted by atomic mass is 10.2. The number of nitrogens with zero attached hydrogens (tertiary/aromatic N) is 2. The molecule has 1 N–H and O–H groups in total. The first kappa shape index (κ1) is 20.6. The molecule has 5 nitrogen and oxygen atoms in total. The standard InChI is InChI=1S/C21H25N3O2S2/c1-5-16(18(25)22-12-15-10-8-7-9-11-15)28-21-23-19-17(13(3)14(4)27-19)20(26)24(21)6-2/h7-11,16H,5-6,12H2,1-4H3,(H,22,25). The minimum absolute atomic E-state index is 0.0172. The number of hydrogen-bond donors (Lipinski definition) is 1. The van der Waals surface area contributed by atoms with Crippen molar-refractivity contribution in [3.63, 3.8) is 0 Å². The van der Waals surface area contributed by atoms with Crippen molar-refractivity contribution < 1.29 is 4.79 Å². The van der Waals surface area contributed by atoms with Crippen molar-refractivity contribution in [2.24, 2.45) is 0 Å². The molecule has 1 unspecified atom stereocenters. The summed E-state index contributed by atoms with van der Waals surface area (Å²) in [4.78, 5) is 32.3. The third-order valence-corrected chi connectivity index (χ3v) is 7.25. The summed E-state index contributed by atoms with van der Waals surface area (Å²) >= 11 is 2.91. The Morgan fingerprint density at radius 3 is 2.61 bits per heavy atom. The highest BCUT2D eigenvalue weighted by atomic mass is 32.2. The first-order chi connectivity index (χ1) is 13.5. The van der Waals surface area contributed by atoms with Crippen molar-refractivity contribution in [3.05, 3.63) is 56.7 Å². The fourth-order valence-corrected chi connectivity index (χ4v) is 5.20. The van der Waals surface area contributed by atoms with Crippen molar-refractivity contribution in [2.75, 3.05) is 0 Å². The molecule has 0 fully saturated rings. The second-order valence-electron chi connectivity index (χ2n) is 6.63. The zero-order chi connectivity index (χ0) is 20.3. The molecular weight excluding hydrogens is 390 g/mol. The van der Waals surface area contributed by atoms with Gasteiger partial charge in [0.15, 0.2) is 5.16 Å². The van der Waals surface area contributed by atoms with Gasteiger partial charge < -0.3 is 5.32 Å². The molecule has 0 bridgehead atoms. The van der Waals surface area contributed by atoms with Gasteiger partial charge in [-0.05, 0) is 38.3 Å². The average molecular weight is 416 g/mol. The first-order valence-corrected chi connectivity index (χ1v) is 11.1. The second-order valence-corrected chi connectivity index (χ2v) is 9.00. The number of fused-ring (bicyclic) bond motifs is 1. The molecule has 2 heterocycles. The number of rotatable bonds is 7. The van der Waals surface area contributed by atoms with Gasteiger partial charge in [-0.3, -0.25) is 14.2 Å². The van der Waals surface area contributed by atoms with Crippen LogP contribution in [-0.2, 0) is 17.9 Å². The predicted molar refractivity (Wildman–Crippen MR) is 117 cm³/mol. The topological polar surface area (TPSA) is 64.0 Å². The van der Waals surface area contributed by atoms with Crippen LogP contribution in [0.4, 0.5) is 0 Å². The summed E-state index contributed by atoms with van der Waals surface area (Å²) in [7, 11) is 0. The molecule has 1 atom stereocenters. The zero-order valence-corrected chi connectivity index (χ0v) is 18.2. The van der Waals surface area contributed by atoms with Crippen molar-refractivity contribution in [1.29, 1.82) is 0 Å². The molecule has 3 aromatic rings. The number of aromatic nitrogens is 2. The Kier molecular flexibility index (Phi) is 6.57. The number of aryl methyl sites for hydroxylation is 2. The van der Waals surface area contributed by atoms with Gasteiger partial charge in [-0.15, -0.1) is 11.3 Å². The maximum Gasteiger partial charge on any atom is 0.263 e. The maximum absolute atomic E-state index is 13.0. The lowest BCUT2D eigenvalue weighted by molar-refractivity contribution is -0.120. The third-order valence-electron chi connectivity index (χ3n) is 4.79. The summed E-state index contributed by atoms with van der Waals surface area (Å²) in [6, 6.07) is 9.84. The number of thiophene rings is 1. The fourth-order valence-electron chi connectivity index (χ4n) is 3.03. The van der Waals surface area contributed by atoms with Crippen molar-refractivity contribution in [1.82, 2.24) is 14.9 Å². The molecule has 0 aliphatic heterocycles. The molecule has 0 radical (unpaired) electrons. The van der Waals surface area contributed by atoms with Crippen LogP contribution in [0.25, 0.3) is 10.2 Å². The number of amides is 1. The summed E-state index contributed by atoms with van der Waals surface area (Å²) in [5.41, 5.74) is 2.05. The van der Waals surface area contributed by atoms with E-state index in [4.69, 9.17) is 4.98 Å². The van der Waals surface area contributed by atoms with E-state index in [1.807, 2.05) is 58.0 Å². The predicted octanol–water partition coefficient (Wildman–Crippen LogP) is 4.28. The van der Waals surface area contributed by atoms with Gasteiger partial charge in [-0.2, -0.15) is 0 Å². The van der Waals surface area contributed by atoms with Crippen molar-refractivity contribution in [2.45, 2.75) is 57.6 Å². The molecule has 3 rings (SSSR count). The smallest absolute Gasteiger partial charge is 0.263 e. The highest BCUT2D eigenvalue weighted by molar-refractivity contribution is 8.00. The quantitative estimate of drug-likeness (QED) is 0.462. The normalized spacial score (nSPS) is 12.3. The Hall–Kier alpha value is -2.12. The number of thioether (sulfide) groups is 1. The van der Waals surface area contributed by atoms with E-state index < -0.39 is 0 Å². The van der Waals surface area contributed by atoms with Crippen LogP contribution in [-0.4, -0.2) is 20.7 Å². The zero-order valence-electron chi connectivity index (χ0n) is 16.6. The van der Waals surface area contributed by atoms with Crippen LogP contribution in [0.15, 0.2) is 40.3 Å². The van der Waals surface area contributed by atoms with Crippen molar-refractivity contribution >= 4 is 39.2 Å². The summed E-state index contributed by atoms with van der Waals surface area (Å²) in [6.07, 6.45) is 0.658. The van der Waals surface area contributed by atoms with E-state index in [9.17, 15) is 9.59 Å². The van der Waals surface area contributed by atoms with E-state index in [-0.39, 0.29) is 16.7 Å². The fraction of sp³-hybridized carbons (Fsp3) is 0.381. The lowest BCUT2D eigenvalue weighted by Gasteiger charge is -2.17. The number of nitrogens with one attached hydrogen (secondary N) is 1. The van der Waals surface area contributed by atoms with E-state index in [0.29, 0.717) is 30.1 Å². The van der Waals surface area contributed by atoms with Crippen LogP contribution in [0, 0.1) is 13.8 Å². The average Bonchev–Trinajstić information content (AvgIpc) is 2.99. The van der Waals surface area contributed by atoms with Gasteiger partial charge in [0, 0.05) is 18.0 Å². The largest absolute Gasteiger partial charge is 0.351 e. The van der Waals surface area contributed by atoms with E-state index in [1.165, 1.54) is 23.1 Å². The van der Waals surface area contributed by atoms with E-state index in [1.54, 1.807) is 4.57 Å². The molecule has 0 saturated heterocycles. The molecule has 148 valence electrons. The summed E-state index contributed by atoms with van der Waals surface area (Å²) in [5.74, 6) is -0.0353. The van der Waals surface area contributed by atoms with E-state index in [0.717, 1.165) is 20.8 Å².